The van der Waals surface area contributed by atoms with Gasteiger partial charge in [-0.05, 0) is 78.4 Å². The molecule has 0 saturated heterocycles. The third kappa shape index (κ3) is 3.86. The number of nitrogens with zero attached hydrogens (tertiary/aromatic N) is 2. The zero-order chi connectivity index (χ0) is 22.1. The van der Waals surface area contributed by atoms with Crippen molar-refractivity contribution in [3.05, 3.63) is 113 Å². The van der Waals surface area contributed by atoms with E-state index in [2.05, 4.69) is 0 Å². The van der Waals surface area contributed by atoms with E-state index in [-0.39, 0.29) is 29.5 Å². The first-order valence-electron chi connectivity index (χ1n) is 10.8. The van der Waals surface area contributed by atoms with Crippen molar-refractivity contribution >= 4 is 17.7 Å². The smallest absolute Gasteiger partial charge is 0.267 e. The molecule has 2 atom stereocenters. The van der Waals surface area contributed by atoms with Crippen molar-refractivity contribution in [2.24, 2.45) is 11.0 Å². The molecule has 160 valence electrons. The highest BCUT2D eigenvalue weighted by Crippen LogP contribution is 2.44. The maximum absolute atomic E-state index is 13.6. The first-order chi connectivity index (χ1) is 15.6. The number of hydrazone groups is 1. The zero-order valence-electron chi connectivity index (χ0n) is 17.4. The second-order valence-corrected chi connectivity index (χ2v) is 8.22. The maximum atomic E-state index is 13.6. The third-order valence-electron chi connectivity index (χ3n) is 6.15. The molecule has 5 rings (SSSR count). The lowest BCUT2D eigenvalue weighted by molar-refractivity contribution is 0.0681. The summed E-state index contributed by atoms with van der Waals surface area (Å²) >= 11 is 0. The van der Waals surface area contributed by atoms with E-state index in [1.165, 1.54) is 24.3 Å². The summed E-state index contributed by atoms with van der Waals surface area (Å²) in [5.74, 6) is -0.742. The molecule has 0 N–H and O–H groups in total. The van der Waals surface area contributed by atoms with Crippen LogP contribution >= 0.6 is 0 Å². The van der Waals surface area contributed by atoms with Gasteiger partial charge in [-0.25, -0.2) is 13.8 Å². The molecule has 0 aromatic heterocycles. The normalized spacial score (nSPS) is 21.4. The lowest BCUT2D eigenvalue weighted by Crippen LogP contribution is -2.31. The number of hydrogen-bond donors (Lipinski definition) is 0. The number of allylic oxidation sites excluding steroid dienone is 1. The third-order valence-corrected chi connectivity index (χ3v) is 6.15. The van der Waals surface area contributed by atoms with E-state index in [0.717, 1.165) is 41.7 Å². The number of fused-ring (bicyclic) bond motifs is 1. The van der Waals surface area contributed by atoms with Crippen molar-refractivity contribution in [1.82, 2.24) is 5.01 Å². The summed E-state index contributed by atoms with van der Waals surface area (Å²) in [6.45, 7) is 0. The molecular formula is C27H22F2N2O. The zero-order valence-corrected chi connectivity index (χ0v) is 17.4. The highest BCUT2D eigenvalue weighted by Gasteiger charge is 2.43. The van der Waals surface area contributed by atoms with Crippen LogP contribution in [-0.4, -0.2) is 16.6 Å². The first kappa shape index (κ1) is 20.3. The molecule has 2 aliphatic rings. The number of halogens is 2. The number of benzene rings is 3. The monoisotopic (exact) mass is 428 g/mol. The largest absolute Gasteiger partial charge is 0.274 e. The van der Waals surface area contributed by atoms with Crippen molar-refractivity contribution in [2.75, 3.05) is 0 Å². The Morgan fingerprint density at radius 1 is 0.906 bits per heavy atom. The number of amides is 1. The highest BCUT2D eigenvalue weighted by molar-refractivity contribution is 6.09. The quantitative estimate of drug-likeness (QED) is 0.475. The molecule has 0 radical (unpaired) electrons. The first-order valence-corrected chi connectivity index (χ1v) is 10.8. The van der Waals surface area contributed by atoms with Gasteiger partial charge in [-0.2, -0.15) is 5.10 Å². The minimum absolute atomic E-state index is 0.0218. The van der Waals surface area contributed by atoms with Crippen LogP contribution in [0.1, 0.15) is 46.8 Å². The van der Waals surface area contributed by atoms with Crippen LogP contribution in [0.4, 0.5) is 8.78 Å². The minimum Gasteiger partial charge on any atom is -0.267 e. The number of rotatable bonds is 3. The van der Waals surface area contributed by atoms with Crippen LogP contribution in [-0.2, 0) is 0 Å². The van der Waals surface area contributed by atoms with Gasteiger partial charge in [0.05, 0.1) is 11.8 Å². The Balaban J connectivity index is 1.57. The van der Waals surface area contributed by atoms with Gasteiger partial charge in [0.1, 0.15) is 11.6 Å². The molecule has 5 heteroatoms. The van der Waals surface area contributed by atoms with Crippen LogP contribution in [0.2, 0.25) is 0 Å². The van der Waals surface area contributed by atoms with Gasteiger partial charge in [0.2, 0.25) is 0 Å². The summed E-state index contributed by atoms with van der Waals surface area (Å²) in [5.41, 5.74) is 4.27. The van der Waals surface area contributed by atoms with Gasteiger partial charge < -0.3 is 0 Å². The molecule has 1 fully saturated rings. The Morgan fingerprint density at radius 2 is 1.56 bits per heavy atom. The molecule has 0 bridgehead atoms. The Hall–Kier alpha value is -3.60. The van der Waals surface area contributed by atoms with Crippen molar-refractivity contribution in [3.63, 3.8) is 0 Å². The Morgan fingerprint density at radius 3 is 2.25 bits per heavy atom. The molecule has 1 aliphatic carbocycles. The molecule has 3 aromatic rings. The Labute approximate surface area is 185 Å². The Bertz CT molecular complexity index is 1180. The van der Waals surface area contributed by atoms with Crippen LogP contribution in [0.5, 0.6) is 0 Å². The van der Waals surface area contributed by atoms with E-state index < -0.39 is 0 Å². The fraction of sp³-hybridized carbons (Fsp3) is 0.185. The van der Waals surface area contributed by atoms with Crippen LogP contribution in [0.25, 0.3) is 6.08 Å². The lowest BCUT2D eigenvalue weighted by Gasteiger charge is -2.29. The lowest BCUT2D eigenvalue weighted by atomic mass is 9.77. The average Bonchev–Trinajstić information content (AvgIpc) is 3.22. The van der Waals surface area contributed by atoms with Crippen LogP contribution in [0.15, 0.2) is 89.5 Å². The minimum atomic E-state index is -0.311. The molecule has 1 amide bonds. The molecule has 0 spiro atoms. The SMILES string of the molecule is O=C(c1ccccc1)N1N=C2/C(=C/c3ccc(F)cc3)CCC[C@H]2[C@H]1c1ccc(F)cc1. The molecule has 3 aromatic carbocycles. The topological polar surface area (TPSA) is 32.7 Å². The van der Waals surface area contributed by atoms with Gasteiger partial charge in [-0.3, -0.25) is 4.79 Å². The molecule has 1 aliphatic heterocycles. The van der Waals surface area contributed by atoms with Gasteiger partial charge in [-0.15, -0.1) is 0 Å². The summed E-state index contributed by atoms with van der Waals surface area (Å²) in [6, 6.07) is 21.5. The van der Waals surface area contributed by atoms with Gasteiger partial charge >= 0.3 is 0 Å². The standard InChI is InChI=1S/C27H22F2N2O/c28-22-13-9-18(10-14-22)17-21-7-4-8-24-25(21)30-31(27(32)20-5-2-1-3-6-20)26(24)19-11-15-23(29)16-12-19/h1-3,5-6,9-17,24,26H,4,7-8H2/b21-17+/t24-,26-/m1/s1. The molecular weight excluding hydrogens is 406 g/mol. The van der Waals surface area contributed by atoms with Crippen LogP contribution in [0, 0.1) is 17.6 Å². The molecule has 1 heterocycles. The van der Waals surface area contributed by atoms with E-state index in [1.807, 2.05) is 24.3 Å². The van der Waals surface area contributed by atoms with E-state index in [1.54, 1.807) is 41.4 Å². The molecule has 32 heavy (non-hydrogen) atoms. The van der Waals surface area contributed by atoms with Crippen molar-refractivity contribution in [1.29, 1.82) is 0 Å². The molecule has 0 unspecified atom stereocenters. The summed E-state index contributed by atoms with van der Waals surface area (Å²) in [7, 11) is 0. The van der Waals surface area contributed by atoms with Crippen molar-refractivity contribution in [2.45, 2.75) is 25.3 Å². The molecule has 1 saturated carbocycles. The fourth-order valence-electron chi connectivity index (χ4n) is 4.63. The second-order valence-electron chi connectivity index (χ2n) is 8.22. The van der Waals surface area contributed by atoms with Crippen LogP contribution < -0.4 is 0 Å². The summed E-state index contributed by atoms with van der Waals surface area (Å²) in [5, 5.41) is 6.39. The average molecular weight is 428 g/mol. The fourth-order valence-corrected chi connectivity index (χ4v) is 4.63. The summed E-state index contributed by atoms with van der Waals surface area (Å²) < 4.78 is 26.9. The number of hydrogen-bond acceptors (Lipinski definition) is 2. The Kier molecular flexibility index (Phi) is 5.39. The van der Waals surface area contributed by atoms with Crippen LogP contribution in [0.3, 0.4) is 0 Å². The predicted octanol–water partition coefficient (Wildman–Crippen LogP) is 6.40. The number of carbonyl (C=O) groups is 1. The van der Waals surface area contributed by atoms with Gasteiger partial charge in [0.25, 0.3) is 5.91 Å². The van der Waals surface area contributed by atoms with E-state index >= 15 is 0 Å². The van der Waals surface area contributed by atoms with E-state index in [0.29, 0.717) is 5.56 Å². The van der Waals surface area contributed by atoms with E-state index in [4.69, 9.17) is 5.10 Å². The summed E-state index contributed by atoms with van der Waals surface area (Å²) in [6.07, 6.45) is 4.72. The van der Waals surface area contributed by atoms with Crippen molar-refractivity contribution in [3.8, 4) is 0 Å². The van der Waals surface area contributed by atoms with Crippen molar-refractivity contribution < 1.29 is 13.6 Å². The van der Waals surface area contributed by atoms with Gasteiger partial charge in [-0.1, -0.05) is 42.5 Å². The van der Waals surface area contributed by atoms with E-state index in [9.17, 15) is 13.6 Å². The summed E-state index contributed by atoms with van der Waals surface area (Å²) in [4.78, 5) is 13.4. The maximum Gasteiger partial charge on any atom is 0.274 e. The number of carbonyl (C=O) groups excluding carboxylic acids is 1. The molecule has 3 nitrogen and oxygen atoms in total. The van der Waals surface area contributed by atoms with Gasteiger partial charge in [0, 0.05) is 11.5 Å². The van der Waals surface area contributed by atoms with Gasteiger partial charge in [0.15, 0.2) is 0 Å². The predicted molar refractivity (Wildman–Crippen MR) is 121 cm³/mol. The second kappa shape index (κ2) is 8.50. The highest BCUT2D eigenvalue weighted by atomic mass is 19.1.